The Balaban J connectivity index is 2.96. The Labute approximate surface area is 88.3 Å². The summed E-state index contributed by atoms with van der Waals surface area (Å²) in [4.78, 5) is 11.4. The zero-order chi connectivity index (χ0) is 11.3. The van der Waals surface area contributed by atoms with Crippen LogP contribution in [0, 0.1) is 11.3 Å². The number of hydrogen-bond acceptors (Lipinski definition) is 4. The third kappa shape index (κ3) is 2.55. The molecule has 0 bridgehead atoms. The average molecular weight is 204 g/mol. The molecule has 78 valence electrons. The molecule has 1 aromatic rings. The van der Waals surface area contributed by atoms with Gasteiger partial charge in [-0.15, -0.1) is 0 Å². The van der Waals surface area contributed by atoms with E-state index >= 15 is 0 Å². The van der Waals surface area contributed by atoms with E-state index in [-0.39, 0.29) is 6.61 Å². The monoisotopic (exact) mass is 204 g/mol. The molecule has 0 spiro atoms. The molecule has 4 heteroatoms. The van der Waals surface area contributed by atoms with E-state index in [1.54, 1.807) is 31.2 Å². The van der Waals surface area contributed by atoms with E-state index in [0.717, 1.165) is 0 Å². The van der Waals surface area contributed by atoms with Crippen molar-refractivity contribution < 1.29 is 9.53 Å². The summed E-state index contributed by atoms with van der Waals surface area (Å²) >= 11 is 0. The average Bonchev–Trinajstić information content (AvgIpc) is 2.28. The summed E-state index contributed by atoms with van der Waals surface area (Å²) in [6.07, 6.45) is 0. The number of benzene rings is 1. The van der Waals surface area contributed by atoms with Crippen molar-refractivity contribution in [1.29, 1.82) is 5.26 Å². The van der Waals surface area contributed by atoms with Gasteiger partial charge in [0.15, 0.2) is 0 Å². The molecule has 0 radical (unpaired) electrons. The second kappa shape index (κ2) is 5.13. The highest BCUT2D eigenvalue weighted by atomic mass is 16.5. The molecule has 0 unspecified atom stereocenters. The maximum Gasteiger partial charge on any atom is 0.327 e. The van der Waals surface area contributed by atoms with Crippen LogP contribution in [0.2, 0.25) is 0 Å². The fourth-order valence-corrected chi connectivity index (χ4v) is 1.23. The van der Waals surface area contributed by atoms with Crippen LogP contribution < -0.4 is 5.73 Å². The lowest BCUT2D eigenvalue weighted by atomic mass is 10.0. The fourth-order valence-electron chi connectivity index (χ4n) is 1.23. The minimum Gasteiger partial charge on any atom is -0.465 e. The van der Waals surface area contributed by atoms with Crippen molar-refractivity contribution in [2.45, 2.75) is 13.0 Å². The minimum atomic E-state index is -0.888. The van der Waals surface area contributed by atoms with Gasteiger partial charge in [-0.1, -0.05) is 18.2 Å². The van der Waals surface area contributed by atoms with Gasteiger partial charge in [0.1, 0.15) is 6.04 Å². The van der Waals surface area contributed by atoms with Gasteiger partial charge in [0.2, 0.25) is 0 Å². The molecule has 1 atom stereocenters. The number of carbonyl (C=O) groups is 1. The van der Waals surface area contributed by atoms with Crippen LogP contribution in [-0.2, 0) is 9.53 Å². The number of nitrogens with two attached hydrogens (primary N) is 1. The van der Waals surface area contributed by atoms with E-state index in [1.807, 2.05) is 6.07 Å². The minimum absolute atomic E-state index is 0.279. The lowest BCUT2D eigenvalue weighted by molar-refractivity contribution is -0.144. The first kappa shape index (κ1) is 11.2. The van der Waals surface area contributed by atoms with Crippen molar-refractivity contribution in [1.82, 2.24) is 0 Å². The molecule has 4 nitrogen and oxygen atoms in total. The summed E-state index contributed by atoms with van der Waals surface area (Å²) in [6, 6.07) is 7.82. The Kier molecular flexibility index (Phi) is 3.83. The number of hydrogen-bond donors (Lipinski definition) is 1. The van der Waals surface area contributed by atoms with Crippen molar-refractivity contribution in [3.05, 3.63) is 35.4 Å². The van der Waals surface area contributed by atoms with Crippen LogP contribution in [0.4, 0.5) is 0 Å². The summed E-state index contributed by atoms with van der Waals surface area (Å²) in [5.74, 6) is -0.514. The predicted molar refractivity (Wildman–Crippen MR) is 54.7 cm³/mol. The molecule has 0 saturated heterocycles. The van der Waals surface area contributed by atoms with Gasteiger partial charge >= 0.3 is 5.97 Å². The first-order chi connectivity index (χ1) is 7.20. The smallest absolute Gasteiger partial charge is 0.327 e. The first-order valence-corrected chi connectivity index (χ1v) is 4.62. The van der Waals surface area contributed by atoms with Crippen molar-refractivity contribution in [3.63, 3.8) is 0 Å². The highest BCUT2D eigenvalue weighted by Gasteiger charge is 2.19. The number of esters is 1. The molecule has 0 saturated carbocycles. The van der Waals surface area contributed by atoms with E-state index in [9.17, 15) is 4.79 Å². The van der Waals surface area contributed by atoms with E-state index in [4.69, 9.17) is 15.7 Å². The Morgan fingerprint density at radius 2 is 2.27 bits per heavy atom. The fraction of sp³-hybridized carbons (Fsp3) is 0.273. The molecule has 0 heterocycles. The molecule has 0 aromatic heterocycles. The third-order valence-electron chi connectivity index (χ3n) is 1.96. The Hall–Kier alpha value is -1.86. The van der Waals surface area contributed by atoms with Crippen LogP contribution in [0.25, 0.3) is 0 Å². The summed E-state index contributed by atoms with van der Waals surface area (Å²) in [5.41, 5.74) is 6.57. The van der Waals surface area contributed by atoms with Crippen molar-refractivity contribution in [3.8, 4) is 6.07 Å². The molecule has 0 aliphatic carbocycles. The summed E-state index contributed by atoms with van der Waals surface area (Å²) < 4.78 is 4.78. The van der Waals surface area contributed by atoms with Gasteiger partial charge in [-0.2, -0.15) is 5.26 Å². The SMILES string of the molecule is CCOC(=O)[C@@H](N)c1ccccc1C#N. The van der Waals surface area contributed by atoms with E-state index in [1.165, 1.54) is 0 Å². The van der Waals surface area contributed by atoms with Crippen LogP contribution in [0.1, 0.15) is 24.1 Å². The summed E-state index contributed by atoms with van der Waals surface area (Å²) in [5, 5.41) is 8.82. The van der Waals surface area contributed by atoms with Gasteiger partial charge in [0, 0.05) is 0 Å². The maximum atomic E-state index is 11.4. The van der Waals surface area contributed by atoms with Crippen LogP contribution >= 0.6 is 0 Å². The van der Waals surface area contributed by atoms with E-state index in [0.29, 0.717) is 11.1 Å². The van der Waals surface area contributed by atoms with Gasteiger partial charge in [0.05, 0.1) is 18.2 Å². The van der Waals surface area contributed by atoms with Gasteiger partial charge in [0.25, 0.3) is 0 Å². The van der Waals surface area contributed by atoms with Gasteiger partial charge in [-0.05, 0) is 18.6 Å². The maximum absolute atomic E-state index is 11.4. The largest absolute Gasteiger partial charge is 0.465 e. The number of nitrogens with zero attached hydrogens (tertiary/aromatic N) is 1. The Bertz CT molecular complexity index is 396. The quantitative estimate of drug-likeness (QED) is 0.748. The summed E-state index contributed by atoms with van der Waals surface area (Å²) in [6.45, 7) is 1.99. The lowest BCUT2D eigenvalue weighted by Crippen LogP contribution is -2.24. The first-order valence-electron chi connectivity index (χ1n) is 4.62. The van der Waals surface area contributed by atoms with Gasteiger partial charge in [-0.3, -0.25) is 0 Å². The van der Waals surface area contributed by atoms with Crippen molar-refractivity contribution >= 4 is 5.97 Å². The molecule has 0 aliphatic heterocycles. The second-order valence-corrected chi connectivity index (χ2v) is 2.93. The van der Waals surface area contributed by atoms with Crippen LogP contribution in [0.5, 0.6) is 0 Å². The topological polar surface area (TPSA) is 76.1 Å². The normalized spacial score (nSPS) is 11.5. The number of nitriles is 1. The molecule has 0 aliphatic rings. The molecule has 2 N–H and O–H groups in total. The molecule has 0 amide bonds. The summed E-state index contributed by atoms with van der Waals surface area (Å²) in [7, 11) is 0. The third-order valence-corrected chi connectivity index (χ3v) is 1.96. The van der Waals surface area contributed by atoms with E-state index in [2.05, 4.69) is 0 Å². The molecule has 15 heavy (non-hydrogen) atoms. The molecular formula is C11H12N2O2. The van der Waals surface area contributed by atoms with Crippen LogP contribution in [0.15, 0.2) is 24.3 Å². The molecule has 1 rings (SSSR count). The lowest BCUT2D eigenvalue weighted by Gasteiger charge is -2.11. The predicted octanol–water partition coefficient (Wildman–Crippen LogP) is 1.12. The van der Waals surface area contributed by atoms with Crippen LogP contribution in [0.3, 0.4) is 0 Å². The second-order valence-electron chi connectivity index (χ2n) is 2.93. The van der Waals surface area contributed by atoms with Gasteiger partial charge in [-0.25, -0.2) is 4.79 Å². The number of ether oxygens (including phenoxy) is 1. The Morgan fingerprint density at radius 1 is 1.60 bits per heavy atom. The standard InChI is InChI=1S/C11H12N2O2/c1-2-15-11(14)10(13)9-6-4-3-5-8(9)7-12/h3-6,10H,2,13H2,1H3/t10-/m0/s1. The van der Waals surface area contributed by atoms with Crippen LogP contribution in [-0.4, -0.2) is 12.6 Å². The highest BCUT2D eigenvalue weighted by Crippen LogP contribution is 2.16. The van der Waals surface area contributed by atoms with Gasteiger partial charge < -0.3 is 10.5 Å². The zero-order valence-corrected chi connectivity index (χ0v) is 8.43. The van der Waals surface area contributed by atoms with Crippen molar-refractivity contribution in [2.24, 2.45) is 5.73 Å². The molecule has 1 aromatic carbocycles. The zero-order valence-electron chi connectivity index (χ0n) is 8.43. The molecular weight excluding hydrogens is 192 g/mol. The molecule has 0 fully saturated rings. The highest BCUT2D eigenvalue weighted by molar-refractivity contribution is 5.78. The van der Waals surface area contributed by atoms with E-state index < -0.39 is 12.0 Å². The number of rotatable bonds is 3. The number of carbonyl (C=O) groups excluding carboxylic acids is 1. The van der Waals surface area contributed by atoms with Crippen molar-refractivity contribution in [2.75, 3.05) is 6.61 Å². The Morgan fingerprint density at radius 3 is 2.87 bits per heavy atom.